The van der Waals surface area contributed by atoms with E-state index in [1.807, 2.05) is 0 Å². The molecule has 30 heavy (non-hydrogen) atoms. The molecule has 0 radical (unpaired) electrons. The van der Waals surface area contributed by atoms with Gasteiger partial charge in [0.25, 0.3) is 11.8 Å². The van der Waals surface area contributed by atoms with Crippen LogP contribution in [0.5, 0.6) is 0 Å². The van der Waals surface area contributed by atoms with E-state index >= 15 is 0 Å². The van der Waals surface area contributed by atoms with Crippen LogP contribution in [0.1, 0.15) is 36.6 Å². The maximum absolute atomic E-state index is 13.2. The van der Waals surface area contributed by atoms with Gasteiger partial charge >= 0.3 is 0 Å². The third-order valence-corrected chi connectivity index (χ3v) is 4.71. The molecule has 3 rings (SSSR count). The number of hydrogen-bond acceptors (Lipinski definition) is 3. The molecule has 0 aliphatic heterocycles. The molecule has 0 heterocycles. The van der Waals surface area contributed by atoms with Crippen molar-refractivity contribution in [3.05, 3.63) is 99.8 Å². The van der Waals surface area contributed by atoms with E-state index in [9.17, 15) is 18.8 Å². The summed E-state index contributed by atoms with van der Waals surface area (Å²) in [7, 11) is 3.20. The van der Waals surface area contributed by atoms with E-state index in [1.54, 1.807) is 32.3 Å². The van der Waals surface area contributed by atoms with E-state index in [4.69, 9.17) is 11.6 Å². The van der Waals surface area contributed by atoms with Crippen LogP contribution in [-0.4, -0.2) is 36.6 Å². The first-order chi connectivity index (χ1) is 14.3. The number of carbonyl (C=O) groups is 3. The van der Waals surface area contributed by atoms with Crippen LogP contribution >= 0.6 is 11.6 Å². The molecule has 0 fully saturated rings. The highest BCUT2D eigenvalue weighted by atomic mass is 35.5. The molecule has 5 nitrogen and oxygen atoms in total. The Morgan fingerprint density at radius 1 is 0.867 bits per heavy atom. The highest BCUT2D eigenvalue weighted by Gasteiger charge is 2.19. The molecule has 0 bridgehead atoms. The molecule has 0 saturated carbocycles. The zero-order valence-electron chi connectivity index (χ0n) is 16.3. The number of rotatable bonds is 5. The largest absolute Gasteiger partial charge is 0.345 e. The molecule has 152 valence electrons. The summed E-state index contributed by atoms with van der Waals surface area (Å²) in [5, 5.41) is 2.96. The lowest BCUT2D eigenvalue weighted by Crippen LogP contribution is -2.22. The van der Waals surface area contributed by atoms with Gasteiger partial charge in [0.15, 0.2) is 5.78 Å². The zero-order chi connectivity index (χ0) is 21.8. The molecular weight excluding hydrogens is 407 g/mol. The third kappa shape index (κ3) is 4.55. The van der Waals surface area contributed by atoms with Crippen molar-refractivity contribution < 1.29 is 18.8 Å². The minimum atomic E-state index is -0.522. The number of carbonyl (C=O) groups excluding carboxylic acids is 3. The molecule has 7 heteroatoms. The first kappa shape index (κ1) is 21.2. The van der Waals surface area contributed by atoms with Crippen LogP contribution < -0.4 is 5.32 Å². The number of nitrogens with one attached hydrogen (secondary N) is 1. The van der Waals surface area contributed by atoms with E-state index in [-0.39, 0.29) is 33.2 Å². The molecule has 0 saturated heterocycles. The number of halogens is 2. The van der Waals surface area contributed by atoms with Crippen molar-refractivity contribution in [2.45, 2.75) is 0 Å². The van der Waals surface area contributed by atoms with Crippen molar-refractivity contribution in [2.75, 3.05) is 19.4 Å². The second-order valence-corrected chi connectivity index (χ2v) is 7.14. The van der Waals surface area contributed by atoms with Gasteiger partial charge < -0.3 is 10.2 Å². The van der Waals surface area contributed by atoms with Gasteiger partial charge in [-0.05, 0) is 48.5 Å². The summed E-state index contributed by atoms with van der Waals surface area (Å²) in [6, 6.07) is 16.0. The summed E-state index contributed by atoms with van der Waals surface area (Å²) in [6.07, 6.45) is 0. The Labute approximate surface area is 178 Å². The predicted octanol–water partition coefficient (Wildman–Crippen LogP) is 4.66. The second kappa shape index (κ2) is 8.88. The summed E-state index contributed by atoms with van der Waals surface area (Å²) in [5.41, 5.74) is 1.21. The lowest BCUT2D eigenvalue weighted by Gasteiger charge is -2.14. The first-order valence-electron chi connectivity index (χ1n) is 9.00. The quantitative estimate of drug-likeness (QED) is 0.605. The highest BCUT2D eigenvalue weighted by molar-refractivity contribution is 6.34. The van der Waals surface area contributed by atoms with Crippen LogP contribution in [0.15, 0.2) is 66.7 Å². The zero-order valence-corrected chi connectivity index (χ0v) is 17.0. The summed E-state index contributed by atoms with van der Waals surface area (Å²) >= 11 is 6.10. The van der Waals surface area contributed by atoms with E-state index in [0.717, 1.165) is 0 Å². The maximum atomic E-state index is 13.2. The smallest absolute Gasteiger partial charge is 0.256 e. The molecule has 0 aliphatic rings. The standard InChI is InChI=1S/C23H18ClFN2O3/c1-27(2)23(30)19-13-16(11-12-20(19)24)26-22(29)18-6-4-3-5-17(18)21(28)14-7-9-15(25)10-8-14/h3-13H,1-2H3,(H,26,29). The fourth-order valence-corrected chi connectivity index (χ4v) is 3.04. The lowest BCUT2D eigenvalue weighted by atomic mass is 9.98. The minimum absolute atomic E-state index is 0.155. The average molecular weight is 425 g/mol. The lowest BCUT2D eigenvalue weighted by molar-refractivity contribution is 0.0827. The Balaban J connectivity index is 1.90. The van der Waals surface area contributed by atoms with Gasteiger partial charge in [-0.15, -0.1) is 0 Å². The van der Waals surface area contributed by atoms with Crippen LogP contribution in [0, 0.1) is 5.82 Å². The van der Waals surface area contributed by atoms with Crippen molar-refractivity contribution in [3.8, 4) is 0 Å². The van der Waals surface area contributed by atoms with E-state index in [0.29, 0.717) is 5.69 Å². The van der Waals surface area contributed by atoms with Gasteiger partial charge in [0.2, 0.25) is 0 Å². The van der Waals surface area contributed by atoms with Crippen LogP contribution in [-0.2, 0) is 0 Å². The van der Waals surface area contributed by atoms with Crippen molar-refractivity contribution in [2.24, 2.45) is 0 Å². The van der Waals surface area contributed by atoms with Gasteiger partial charge in [-0.3, -0.25) is 14.4 Å². The normalized spacial score (nSPS) is 10.4. The van der Waals surface area contributed by atoms with Gasteiger partial charge in [0.05, 0.1) is 16.1 Å². The number of hydrogen-bond donors (Lipinski definition) is 1. The Bertz CT molecular complexity index is 1130. The third-order valence-electron chi connectivity index (χ3n) is 4.38. The number of amides is 2. The van der Waals surface area contributed by atoms with E-state index < -0.39 is 17.5 Å². The number of nitrogens with zero attached hydrogens (tertiary/aromatic N) is 1. The van der Waals surface area contributed by atoms with Crippen molar-refractivity contribution in [1.82, 2.24) is 4.90 Å². The SMILES string of the molecule is CN(C)C(=O)c1cc(NC(=O)c2ccccc2C(=O)c2ccc(F)cc2)ccc1Cl. The Morgan fingerprint density at radius 3 is 2.13 bits per heavy atom. The van der Waals surface area contributed by atoms with Crippen LogP contribution in [0.4, 0.5) is 10.1 Å². The number of anilines is 1. The molecule has 0 atom stereocenters. The van der Waals surface area contributed by atoms with Crippen LogP contribution in [0.3, 0.4) is 0 Å². The second-order valence-electron chi connectivity index (χ2n) is 6.73. The molecule has 0 spiro atoms. The topological polar surface area (TPSA) is 66.5 Å². The molecule has 0 aromatic heterocycles. The Kier molecular flexibility index (Phi) is 6.28. The average Bonchev–Trinajstić information content (AvgIpc) is 2.74. The predicted molar refractivity (Wildman–Crippen MR) is 114 cm³/mol. The Hall–Kier alpha value is -3.51. The first-order valence-corrected chi connectivity index (χ1v) is 9.37. The van der Waals surface area contributed by atoms with Gasteiger partial charge in [-0.1, -0.05) is 29.8 Å². The molecule has 0 aliphatic carbocycles. The van der Waals surface area contributed by atoms with Crippen molar-refractivity contribution >= 4 is 34.9 Å². The molecule has 3 aromatic rings. The van der Waals surface area contributed by atoms with Gasteiger partial charge in [0, 0.05) is 30.9 Å². The monoisotopic (exact) mass is 424 g/mol. The fraction of sp³-hybridized carbons (Fsp3) is 0.0870. The summed E-state index contributed by atoms with van der Waals surface area (Å²) in [5.74, 6) is -1.68. The van der Waals surface area contributed by atoms with Crippen molar-refractivity contribution in [3.63, 3.8) is 0 Å². The minimum Gasteiger partial charge on any atom is -0.345 e. The van der Waals surface area contributed by atoms with E-state index in [2.05, 4.69) is 5.32 Å². The number of benzene rings is 3. The van der Waals surface area contributed by atoms with E-state index in [1.165, 1.54) is 53.4 Å². The molecule has 3 aromatic carbocycles. The molecule has 1 N–H and O–H groups in total. The van der Waals surface area contributed by atoms with Gasteiger partial charge in [0.1, 0.15) is 5.82 Å². The molecular formula is C23H18ClFN2O3. The Morgan fingerprint density at radius 2 is 1.50 bits per heavy atom. The molecule has 0 unspecified atom stereocenters. The van der Waals surface area contributed by atoms with Gasteiger partial charge in [-0.2, -0.15) is 0 Å². The van der Waals surface area contributed by atoms with Crippen molar-refractivity contribution in [1.29, 1.82) is 0 Å². The number of ketones is 1. The fourth-order valence-electron chi connectivity index (χ4n) is 2.84. The highest BCUT2D eigenvalue weighted by Crippen LogP contribution is 2.23. The molecule has 2 amide bonds. The maximum Gasteiger partial charge on any atom is 0.256 e. The summed E-state index contributed by atoms with van der Waals surface area (Å²) < 4.78 is 13.2. The van der Waals surface area contributed by atoms with Crippen LogP contribution in [0.2, 0.25) is 5.02 Å². The summed E-state index contributed by atoms with van der Waals surface area (Å²) in [4.78, 5) is 39.3. The van der Waals surface area contributed by atoms with Crippen LogP contribution in [0.25, 0.3) is 0 Å². The summed E-state index contributed by atoms with van der Waals surface area (Å²) in [6.45, 7) is 0. The van der Waals surface area contributed by atoms with Gasteiger partial charge in [-0.25, -0.2) is 4.39 Å².